The molecule has 202 valence electrons. The molecule has 0 spiro atoms. The molecule has 0 radical (unpaired) electrons. The molecule has 0 atom stereocenters. The Morgan fingerprint density at radius 2 is 1.78 bits per heavy atom. The number of hydrogen-bond donors (Lipinski definition) is 2. The lowest BCUT2D eigenvalue weighted by Crippen LogP contribution is -2.51. The summed E-state index contributed by atoms with van der Waals surface area (Å²) < 4.78 is 1.55. The van der Waals surface area contributed by atoms with Crippen LogP contribution in [0.25, 0.3) is 39.1 Å². The van der Waals surface area contributed by atoms with E-state index >= 15 is 0 Å². The van der Waals surface area contributed by atoms with Gasteiger partial charge in [0.05, 0.1) is 28.7 Å². The van der Waals surface area contributed by atoms with E-state index in [4.69, 9.17) is 16.6 Å². The highest BCUT2D eigenvalue weighted by atomic mass is 35.5. The lowest BCUT2D eigenvalue weighted by Gasteiger charge is -2.43. The van der Waals surface area contributed by atoms with E-state index in [1.165, 1.54) is 0 Å². The highest BCUT2D eigenvalue weighted by Gasteiger charge is 2.40. The van der Waals surface area contributed by atoms with Gasteiger partial charge in [-0.2, -0.15) is 5.10 Å². The molecule has 7 rings (SSSR count). The number of nitrogens with one attached hydrogen (secondary N) is 2. The van der Waals surface area contributed by atoms with Crippen LogP contribution in [0.4, 0.5) is 0 Å². The van der Waals surface area contributed by atoms with E-state index in [9.17, 15) is 9.59 Å². The van der Waals surface area contributed by atoms with Gasteiger partial charge in [-0.3, -0.25) is 4.79 Å². The predicted molar refractivity (Wildman–Crippen MR) is 159 cm³/mol. The third-order valence-corrected chi connectivity index (χ3v) is 8.12. The first-order chi connectivity index (χ1) is 20.0. The van der Waals surface area contributed by atoms with E-state index in [0.29, 0.717) is 21.8 Å². The summed E-state index contributed by atoms with van der Waals surface area (Å²) in [5.41, 5.74) is 6.80. The standard InChI is InChI=1S/C32H25ClN6O2/c33-27-13-7-20(19-34-27)17-29(40)36-32(15-4-16-32)23-10-8-22(9-11-23)30-24(21-5-2-1-3-6-21)18-26-25(35-30)12-14-28-37-38-31(41)39(26)28/h1-3,5-14,18-19H,4,15-17H2,(H,36,40)(H,38,41). The lowest BCUT2D eigenvalue weighted by atomic mass is 9.71. The molecule has 1 saturated carbocycles. The molecule has 1 fully saturated rings. The summed E-state index contributed by atoms with van der Waals surface area (Å²) >= 11 is 5.89. The monoisotopic (exact) mass is 560 g/mol. The second kappa shape index (κ2) is 9.98. The van der Waals surface area contributed by atoms with Gasteiger partial charge in [0, 0.05) is 17.3 Å². The first-order valence-corrected chi connectivity index (χ1v) is 13.9. The fourth-order valence-electron chi connectivity index (χ4n) is 5.65. The van der Waals surface area contributed by atoms with Gasteiger partial charge in [0.2, 0.25) is 5.91 Å². The van der Waals surface area contributed by atoms with Crippen LogP contribution in [0.1, 0.15) is 30.4 Å². The van der Waals surface area contributed by atoms with Gasteiger partial charge in [-0.1, -0.05) is 72.3 Å². The molecule has 2 aromatic carbocycles. The quantitative estimate of drug-likeness (QED) is 0.255. The molecule has 41 heavy (non-hydrogen) atoms. The molecule has 4 heterocycles. The molecule has 9 heteroatoms. The Balaban J connectivity index is 1.25. The smallest absolute Gasteiger partial charge is 0.346 e. The number of aromatic nitrogens is 5. The number of rotatable bonds is 6. The topological polar surface area (TPSA) is 105 Å². The molecule has 0 saturated heterocycles. The summed E-state index contributed by atoms with van der Waals surface area (Å²) in [5, 5.41) is 10.3. The number of amides is 1. The Bertz CT molecular complexity index is 1960. The maximum absolute atomic E-state index is 13.0. The second-order valence-electron chi connectivity index (χ2n) is 10.4. The normalized spacial score (nSPS) is 14.2. The van der Waals surface area contributed by atoms with Gasteiger partial charge < -0.3 is 5.32 Å². The van der Waals surface area contributed by atoms with E-state index < -0.39 is 0 Å². The van der Waals surface area contributed by atoms with Crippen LogP contribution in [0.3, 0.4) is 0 Å². The third-order valence-electron chi connectivity index (χ3n) is 7.90. The van der Waals surface area contributed by atoms with Crippen LogP contribution in [-0.2, 0) is 16.8 Å². The Hall–Kier alpha value is -4.82. The van der Waals surface area contributed by atoms with Gasteiger partial charge in [0.25, 0.3) is 0 Å². The first kappa shape index (κ1) is 25.2. The Morgan fingerprint density at radius 1 is 0.976 bits per heavy atom. The minimum Gasteiger partial charge on any atom is -0.346 e. The number of nitrogens with zero attached hydrogens (tertiary/aromatic N) is 4. The van der Waals surface area contributed by atoms with E-state index in [0.717, 1.165) is 52.8 Å². The number of aromatic amines is 1. The molecule has 1 amide bonds. The van der Waals surface area contributed by atoms with Gasteiger partial charge >= 0.3 is 5.69 Å². The minimum atomic E-state index is -0.386. The second-order valence-corrected chi connectivity index (χ2v) is 10.8. The average molecular weight is 561 g/mol. The summed E-state index contributed by atoms with van der Waals surface area (Å²) in [4.78, 5) is 34.6. The molecule has 1 aliphatic rings. The molecule has 0 bridgehead atoms. The zero-order valence-corrected chi connectivity index (χ0v) is 22.7. The minimum absolute atomic E-state index is 0.0405. The molecule has 2 N–H and O–H groups in total. The number of pyridine rings is 3. The lowest BCUT2D eigenvalue weighted by molar-refractivity contribution is -0.123. The van der Waals surface area contributed by atoms with E-state index in [2.05, 4.69) is 44.8 Å². The zero-order chi connectivity index (χ0) is 28.0. The van der Waals surface area contributed by atoms with Gasteiger partial charge in [-0.15, -0.1) is 0 Å². The summed E-state index contributed by atoms with van der Waals surface area (Å²) in [5.74, 6) is -0.0405. The summed E-state index contributed by atoms with van der Waals surface area (Å²) in [7, 11) is 0. The van der Waals surface area contributed by atoms with Gasteiger partial charge in [-0.25, -0.2) is 24.3 Å². The maximum Gasteiger partial charge on any atom is 0.348 e. The van der Waals surface area contributed by atoms with Gasteiger partial charge in [0.15, 0.2) is 5.65 Å². The largest absolute Gasteiger partial charge is 0.348 e. The van der Waals surface area contributed by atoms with Crippen LogP contribution < -0.4 is 11.0 Å². The van der Waals surface area contributed by atoms with Crippen LogP contribution in [0, 0.1) is 0 Å². The number of H-pyrrole nitrogens is 1. The molecular weight excluding hydrogens is 536 g/mol. The highest BCUT2D eigenvalue weighted by Crippen LogP contribution is 2.42. The van der Waals surface area contributed by atoms with Crippen molar-refractivity contribution in [1.82, 2.24) is 29.9 Å². The zero-order valence-electron chi connectivity index (χ0n) is 22.0. The number of halogens is 1. The van der Waals surface area contributed by atoms with E-state index in [-0.39, 0.29) is 23.6 Å². The third kappa shape index (κ3) is 4.56. The van der Waals surface area contributed by atoms with Crippen molar-refractivity contribution in [2.75, 3.05) is 0 Å². The number of hydrogen-bond acceptors (Lipinski definition) is 5. The Kier molecular flexibility index (Phi) is 6.12. The first-order valence-electron chi connectivity index (χ1n) is 13.5. The van der Waals surface area contributed by atoms with Crippen molar-refractivity contribution >= 4 is 34.2 Å². The number of carbonyl (C=O) groups is 1. The molecule has 6 aromatic rings. The molecule has 1 aliphatic carbocycles. The van der Waals surface area contributed by atoms with Crippen molar-refractivity contribution < 1.29 is 4.79 Å². The van der Waals surface area contributed by atoms with Crippen molar-refractivity contribution in [2.45, 2.75) is 31.2 Å². The molecular formula is C32H25ClN6O2. The number of carbonyl (C=O) groups excluding carboxylic acids is 1. The summed E-state index contributed by atoms with van der Waals surface area (Å²) in [6, 6.07) is 27.5. The summed E-state index contributed by atoms with van der Waals surface area (Å²) in [6.07, 6.45) is 4.71. The highest BCUT2D eigenvalue weighted by molar-refractivity contribution is 6.29. The van der Waals surface area contributed by atoms with Gasteiger partial charge in [-0.05, 0) is 60.2 Å². The van der Waals surface area contributed by atoms with Crippen molar-refractivity contribution in [3.8, 4) is 22.4 Å². The Morgan fingerprint density at radius 3 is 2.49 bits per heavy atom. The van der Waals surface area contributed by atoms with Crippen LogP contribution in [0.15, 0.2) is 95.9 Å². The van der Waals surface area contributed by atoms with Crippen LogP contribution in [0.5, 0.6) is 0 Å². The average Bonchev–Trinajstić information content (AvgIpc) is 3.37. The van der Waals surface area contributed by atoms with Crippen LogP contribution in [-0.4, -0.2) is 30.5 Å². The fraction of sp³-hybridized carbons (Fsp3) is 0.156. The number of fused-ring (bicyclic) bond motifs is 3. The predicted octanol–water partition coefficient (Wildman–Crippen LogP) is 5.69. The molecule has 0 aliphatic heterocycles. The van der Waals surface area contributed by atoms with Crippen molar-refractivity contribution in [1.29, 1.82) is 0 Å². The van der Waals surface area contributed by atoms with Gasteiger partial charge in [0.1, 0.15) is 5.15 Å². The Labute approximate surface area is 240 Å². The SMILES string of the molecule is O=C(Cc1ccc(Cl)nc1)NC1(c2ccc(-c3nc4ccc5n[nH]c(=O)n5c4cc3-c3ccccc3)cc2)CCC1. The van der Waals surface area contributed by atoms with Crippen molar-refractivity contribution in [3.63, 3.8) is 0 Å². The van der Waals surface area contributed by atoms with Crippen molar-refractivity contribution in [2.24, 2.45) is 0 Å². The van der Waals surface area contributed by atoms with Crippen LogP contribution in [0.2, 0.25) is 5.15 Å². The van der Waals surface area contributed by atoms with E-state index in [1.54, 1.807) is 22.7 Å². The molecule has 4 aromatic heterocycles. The van der Waals surface area contributed by atoms with Crippen LogP contribution >= 0.6 is 11.6 Å². The fourth-order valence-corrected chi connectivity index (χ4v) is 5.77. The molecule has 8 nitrogen and oxygen atoms in total. The number of benzene rings is 2. The maximum atomic E-state index is 13.0. The van der Waals surface area contributed by atoms with E-state index in [1.807, 2.05) is 48.5 Å². The summed E-state index contributed by atoms with van der Waals surface area (Å²) in [6.45, 7) is 0. The molecule has 0 unspecified atom stereocenters. The van der Waals surface area contributed by atoms with Crippen molar-refractivity contribution in [3.05, 3.63) is 118 Å².